The first-order valence-electron chi connectivity index (χ1n) is 9.94. The first-order chi connectivity index (χ1) is 14.2. The minimum absolute atomic E-state index is 0.0343. The maximum Gasteiger partial charge on any atom is 0.343 e. The molecule has 3 nitrogen and oxygen atoms in total. The Morgan fingerprint density at radius 1 is 0.767 bits per heavy atom. The molecule has 152 valence electrons. The van der Waals surface area contributed by atoms with Crippen LogP contribution in [0.4, 0.5) is 0 Å². The van der Waals surface area contributed by atoms with E-state index >= 15 is 0 Å². The maximum absolute atomic E-state index is 12.4. The molecular weight excluding hydrogens is 372 g/mol. The van der Waals surface area contributed by atoms with Crippen LogP contribution in [0.15, 0.2) is 78.9 Å². The third-order valence-corrected chi connectivity index (χ3v) is 4.84. The quantitative estimate of drug-likeness (QED) is 0.216. The second-order valence-electron chi connectivity index (χ2n) is 8.35. The number of allylic oxidation sites excluding steroid dienone is 1. The molecule has 0 heterocycles. The summed E-state index contributed by atoms with van der Waals surface area (Å²) in [6.45, 7) is 8.37. The van der Waals surface area contributed by atoms with Crippen LogP contribution in [0.3, 0.4) is 0 Å². The van der Waals surface area contributed by atoms with Gasteiger partial charge >= 0.3 is 5.97 Å². The zero-order valence-corrected chi connectivity index (χ0v) is 17.8. The van der Waals surface area contributed by atoms with Gasteiger partial charge in [-0.3, -0.25) is 4.79 Å². The lowest BCUT2D eigenvalue weighted by Crippen LogP contribution is -2.12. The molecule has 0 atom stereocenters. The average Bonchev–Trinajstić information content (AvgIpc) is 2.73. The minimum Gasteiger partial charge on any atom is -0.423 e. The predicted molar refractivity (Wildman–Crippen MR) is 121 cm³/mol. The Kier molecular flexibility index (Phi) is 6.31. The Balaban J connectivity index is 1.62. The number of carbonyl (C=O) groups excluding carboxylic acids is 2. The number of rotatable bonds is 5. The van der Waals surface area contributed by atoms with Gasteiger partial charge in [0, 0.05) is 5.56 Å². The number of ether oxygens (including phenoxy) is 1. The number of esters is 1. The molecule has 3 aromatic rings. The average molecular weight is 399 g/mol. The van der Waals surface area contributed by atoms with Crippen LogP contribution in [0.2, 0.25) is 0 Å². The molecule has 30 heavy (non-hydrogen) atoms. The van der Waals surface area contributed by atoms with Crippen molar-refractivity contribution in [3.63, 3.8) is 0 Å². The molecule has 0 aliphatic heterocycles. The van der Waals surface area contributed by atoms with E-state index in [0.29, 0.717) is 16.9 Å². The fraction of sp³-hybridized carbons (Fsp3) is 0.185. The Labute approximate surface area is 178 Å². The van der Waals surface area contributed by atoms with Crippen molar-refractivity contribution in [2.24, 2.45) is 0 Å². The van der Waals surface area contributed by atoms with E-state index in [-0.39, 0.29) is 11.2 Å². The summed E-state index contributed by atoms with van der Waals surface area (Å²) in [7, 11) is 0. The van der Waals surface area contributed by atoms with Crippen molar-refractivity contribution in [1.29, 1.82) is 0 Å². The topological polar surface area (TPSA) is 43.4 Å². The number of hydrogen-bond acceptors (Lipinski definition) is 3. The van der Waals surface area contributed by atoms with Gasteiger partial charge in [0.05, 0.1) is 5.56 Å². The van der Waals surface area contributed by atoms with Crippen LogP contribution < -0.4 is 4.74 Å². The molecule has 0 amide bonds. The summed E-state index contributed by atoms with van der Waals surface area (Å²) < 4.78 is 5.46. The number of benzene rings is 3. The summed E-state index contributed by atoms with van der Waals surface area (Å²) in [5.74, 6) is 0.0133. The summed E-state index contributed by atoms with van der Waals surface area (Å²) in [4.78, 5) is 24.6. The zero-order valence-electron chi connectivity index (χ0n) is 17.8. The smallest absolute Gasteiger partial charge is 0.343 e. The molecule has 0 unspecified atom stereocenters. The molecule has 3 heteroatoms. The van der Waals surface area contributed by atoms with Crippen LogP contribution in [-0.2, 0) is 5.41 Å². The van der Waals surface area contributed by atoms with Crippen molar-refractivity contribution in [2.45, 2.75) is 33.1 Å². The van der Waals surface area contributed by atoms with E-state index in [0.717, 1.165) is 16.7 Å². The third-order valence-electron chi connectivity index (χ3n) is 4.84. The molecule has 0 N–H and O–H groups in total. The molecule has 3 aromatic carbocycles. The van der Waals surface area contributed by atoms with Gasteiger partial charge in [-0.25, -0.2) is 4.79 Å². The summed E-state index contributed by atoms with van der Waals surface area (Å²) in [5, 5.41) is 0. The third kappa shape index (κ3) is 5.54. The van der Waals surface area contributed by atoms with E-state index in [1.165, 1.54) is 0 Å². The van der Waals surface area contributed by atoms with Crippen LogP contribution >= 0.6 is 0 Å². The van der Waals surface area contributed by atoms with Gasteiger partial charge in [0.1, 0.15) is 5.75 Å². The van der Waals surface area contributed by atoms with Gasteiger partial charge in [-0.05, 0) is 53.8 Å². The maximum atomic E-state index is 12.4. The SMILES string of the molecule is Cc1ccc(C(=O)/C=C/c2ccc(OC(=O)c3ccc(C(C)(C)C)cc3)cc2)cc1. The van der Waals surface area contributed by atoms with Gasteiger partial charge in [-0.2, -0.15) is 0 Å². The van der Waals surface area contributed by atoms with Crippen LogP contribution in [0.25, 0.3) is 6.08 Å². The highest BCUT2D eigenvalue weighted by molar-refractivity contribution is 6.06. The fourth-order valence-electron chi connectivity index (χ4n) is 2.91. The predicted octanol–water partition coefficient (Wildman–Crippen LogP) is 6.41. The monoisotopic (exact) mass is 398 g/mol. The highest BCUT2D eigenvalue weighted by atomic mass is 16.5. The number of carbonyl (C=O) groups is 2. The molecular formula is C27H26O3. The van der Waals surface area contributed by atoms with Gasteiger partial charge in [0.2, 0.25) is 0 Å². The van der Waals surface area contributed by atoms with Crippen molar-refractivity contribution in [2.75, 3.05) is 0 Å². The van der Waals surface area contributed by atoms with Gasteiger partial charge in [0.25, 0.3) is 0 Å². The van der Waals surface area contributed by atoms with E-state index in [4.69, 9.17) is 4.74 Å². The first-order valence-corrected chi connectivity index (χ1v) is 9.94. The molecule has 0 saturated heterocycles. The minimum atomic E-state index is -0.395. The number of hydrogen-bond donors (Lipinski definition) is 0. The standard InChI is InChI=1S/C27H26O3/c1-19-5-10-21(11-6-19)25(28)18-9-20-7-16-24(17-8-20)30-26(29)22-12-14-23(15-13-22)27(2,3)4/h5-18H,1-4H3/b18-9+. The molecule has 0 aliphatic rings. The summed E-state index contributed by atoms with van der Waals surface area (Å²) >= 11 is 0. The molecule has 0 fully saturated rings. The second-order valence-corrected chi connectivity index (χ2v) is 8.35. The second kappa shape index (κ2) is 8.91. The number of aryl methyl sites for hydroxylation is 1. The summed E-state index contributed by atoms with van der Waals surface area (Å²) in [6, 6.07) is 22.0. The Hall–Kier alpha value is -3.46. The largest absolute Gasteiger partial charge is 0.423 e. The molecule has 0 aliphatic carbocycles. The Morgan fingerprint density at radius 3 is 1.90 bits per heavy atom. The van der Waals surface area contributed by atoms with E-state index in [2.05, 4.69) is 20.8 Å². The highest BCUT2D eigenvalue weighted by Gasteiger charge is 2.15. The normalized spacial score (nSPS) is 11.5. The van der Waals surface area contributed by atoms with E-state index in [1.807, 2.05) is 55.5 Å². The lowest BCUT2D eigenvalue weighted by atomic mass is 9.87. The van der Waals surface area contributed by atoms with Gasteiger partial charge in [0.15, 0.2) is 5.78 Å². The van der Waals surface area contributed by atoms with Crippen molar-refractivity contribution in [3.05, 3.63) is 107 Å². The Morgan fingerprint density at radius 2 is 1.33 bits per heavy atom. The molecule has 0 spiro atoms. The molecule has 0 aromatic heterocycles. The van der Waals surface area contributed by atoms with Crippen molar-refractivity contribution >= 4 is 17.8 Å². The molecule has 0 radical (unpaired) electrons. The van der Waals surface area contributed by atoms with Crippen molar-refractivity contribution in [3.8, 4) is 5.75 Å². The molecule has 0 bridgehead atoms. The lowest BCUT2D eigenvalue weighted by molar-refractivity contribution is 0.0734. The van der Waals surface area contributed by atoms with Crippen LogP contribution in [0.5, 0.6) is 5.75 Å². The van der Waals surface area contributed by atoms with Crippen LogP contribution in [0, 0.1) is 6.92 Å². The number of ketones is 1. The summed E-state index contributed by atoms with van der Waals surface area (Å²) in [6.07, 6.45) is 3.29. The van der Waals surface area contributed by atoms with E-state index in [1.54, 1.807) is 36.4 Å². The van der Waals surface area contributed by atoms with Gasteiger partial charge in [-0.15, -0.1) is 0 Å². The lowest BCUT2D eigenvalue weighted by Gasteiger charge is -2.18. The highest BCUT2D eigenvalue weighted by Crippen LogP contribution is 2.23. The van der Waals surface area contributed by atoms with Crippen LogP contribution in [0.1, 0.15) is 58.2 Å². The van der Waals surface area contributed by atoms with Crippen LogP contribution in [-0.4, -0.2) is 11.8 Å². The molecule has 3 rings (SSSR count). The first kappa shape index (κ1) is 21.3. The zero-order chi connectivity index (χ0) is 21.7. The molecule has 0 saturated carbocycles. The van der Waals surface area contributed by atoms with Crippen molar-refractivity contribution in [1.82, 2.24) is 0 Å². The van der Waals surface area contributed by atoms with Crippen molar-refractivity contribution < 1.29 is 14.3 Å². The van der Waals surface area contributed by atoms with E-state index < -0.39 is 5.97 Å². The van der Waals surface area contributed by atoms with Gasteiger partial charge in [-0.1, -0.05) is 80.9 Å². The van der Waals surface area contributed by atoms with E-state index in [9.17, 15) is 9.59 Å². The van der Waals surface area contributed by atoms with Gasteiger partial charge < -0.3 is 4.74 Å². The fourth-order valence-corrected chi connectivity index (χ4v) is 2.91. The Bertz CT molecular complexity index is 1050. The summed E-state index contributed by atoms with van der Waals surface area (Å²) in [5.41, 5.74) is 4.33.